The number of hydrogen-bond donors (Lipinski definition) is 0. The van der Waals surface area contributed by atoms with Crippen LogP contribution < -0.4 is 0 Å². The summed E-state index contributed by atoms with van der Waals surface area (Å²) in [6, 6.07) is 4.33. The second kappa shape index (κ2) is 5.59. The van der Waals surface area contributed by atoms with Crippen molar-refractivity contribution in [1.29, 1.82) is 0 Å². The molecule has 0 amide bonds. The number of alkyl halides is 3. The van der Waals surface area contributed by atoms with Gasteiger partial charge in [0.2, 0.25) is 0 Å². The molecule has 0 fully saturated rings. The lowest BCUT2D eigenvalue weighted by molar-refractivity contribution is -0.137. The number of benzene rings is 1. The van der Waals surface area contributed by atoms with Gasteiger partial charge in [-0.3, -0.25) is 0 Å². The maximum Gasteiger partial charge on any atom is 0.416 e. The molecule has 0 saturated heterocycles. The summed E-state index contributed by atoms with van der Waals surface area (Å²) >= 11 is 0. The van der Waals surface area contributed by atoms with Crippen molar-refractivity contribution in [3.05, 3.63) is 45.8 Å². The molecule has 3 nitrogen and oxygen atoms in total. The predicted molar refractivity (Wildman–Crippen MR) is 58.2 cm³/mol. The van der Waals surface area contributed by atoms with E-state index >= 15 is 0 Å². The Balaban J connectivity index is 2.95. The number of azide groups is 1. The van der Waals surface area contributed by atoms with Crippen LogP contribution in [0.5, 0.6) is 0 Å². The molecule has 1 aromatic carbocycles. The Bertz CT molecular complexity index is 405. The molecule has 0 radical (unpaired) electrons. The van der Waals surface area contributed by atoms with E-state index in [1.807, 2.05) is 6.92 Å². The summed E-state index contributed by atoms with van der Waals surface area (Å²) in [7, 11) is 0. The van der Waals surface area contributed by atoms with E-state index in [1.165, 1.54) is 12.1 Å². The average molecular weight is 243 g/mol. The maximum absolute atomic E-state index is 12.3. The Morgan fingerprint density at radius 2 is 1.88 bits per heavy atom. The minimum atomic E-state index is -4.34. The monoisotopic (exact) mass is 243 g/mol. The fourth-order valence-electron chi connectivity index (χ4n) is 1.52. The SMILES string of the molecule is CCCC(N=[N+]=[N-])c1ccc(C(F)(F)F)cc1. The maximum atomic E-state index is 12.3. The highest BCUT2D eigenvalue weighted by molar-refractivity contribution is 5.26. The minimum absolute atomic E-state index is 0.396. The van der Waals surface area contributed by atoms with E-state index in [0.29, 0.717) is 12.0 Å². The first-order chi connectivity index (χ1) is 7.99. The minimum Gasteiger partial charge on any atom is -0.166 e. The second-order valence-electron chi connectivity index (χ2n) is 3.63. The molecule has 0 aliphatic heterocycles. The lowest BCUT2D eigenvalue weighted by Gasteiger charge is -2.12. The normalized spacial score (nSPS) is 12.9. The molecule has 92 valence electrons. The highest BCUT2D eigenvalue weighted by Crippen LogP contribution is 2.31. The van der Waals surface area contributed by atoms with Gasteiger partial charge >= 0.3 is 6.18 Å². The van der Waals surface area contributed by atoms with E-state index in [-0.39, 0.29) is 0 Å². The molecule has 0 aromatic heterocycles. The van der Waals surface area contributed by atoms with Crippen LogP contribution in [-0.4, -0.2) is 0 Å². The molecule has 1 aromatic rings. The van der Waals surface area contributed by atoms with Crippen LogP contribution in [0.25, 0.3) is 10.4 Å². The molecule has 1 rings (SSSR count). The Labute approximate surface area is 96.9 Å². The third kappa shape index (κ3) is 3.67. The Kier molecular flexibility index (Phi) is 4.40. The first-order valence-corrected chi connectivity index (χ1v) is 5.20. The van der Waals surface area contributed by atoms with Crippen LogP contribution in [0.1, 0.15) is 36.9 Å². The van der Waals surface area contributed by atoms with Crippen molar-refractivity contribution in [2.45, 2.75) is 32.0 Å². The van der Waals surface area contributed by atoms with Gasteiger partial charge in [0.25, 0.3) is 0 Å². The molecule has 6 heteroatoms. The van der Waals surface area contributed by atoms with E-state index in [2.05, 4.69) is 10.0 Å². The second-order valence-corrected chi connectivity index (χ2v) is 3.63. The van der Waals surface area contributed by atoms with Crippen molar-refractivity contribution >= 4 is 0 Å². The first-order valence-electron chi connectivity index (χ1n) is 5.20. The van der Waals surface area contributed by atoms with Crippen LogP contribution in [0.3, 0.4) is 0 Å². The molecule has 0 aliphatic carbocycles. The molecule has 0 aliphatic rings. The van der Waals surface area contributed by atoms with Crippen molar-refractivity contribution in [3.63, 3.8) is 0 Å². The standard InChI is InChI=1S/C11H12F3N3/c1-2-3-10(16-17-15)8-4-6-9(7-5-8)11(12,13)14/h4-7,10H,2-3H2,1H3. The van der Waals surface area contributed by atoms with Gasteiger partial charge in [0.05, 0.1) is 11.6 Å². The summed E-state index contributed by atoms with van der Waals surface area (Å²) in [5, 5.41) is 3.58. The molecule has 0 N–H and O–H groups in total. The smallest absolute Gasteiger partial charge is 0.166 e. The van der Waals surface area contributed by atoms with Crippen molar-refractivity contribution < 1.29 is 13.2 Å². The fourth-order valence-corrected chi connectivity index (χ4v) is 1.52. The summed E-state index contributed by atoms with van der Waals surface area (Å²) in [6.45, 7) is 1.92. The largest absolute Gasteiger partial charge is 0.416 e. The lowest BCUT2D eigenvalue weighted by atomic mass is 10.0. The average Bonchev–Trinajstić information content (AvgIpc) is 2.28. The van der Waals surface area contributed by atoms with Gasteiger partial charge in [-0.25, -0.2) is 0 Å². The molecule has 0 spiro atoms. The Morgan fingerprint density at radius 1 is 1.29 bits per heavy atom. The number of nitrogens with zero attached hydrogens (tertiary/aromatic N) is 3. The molecule has 1 unspecified atom stereocenters. The predicted octanol–water partition coefficient (Wildman–Crippen LogP) is 4.86. The summed E-state index contributed by atoms with van der Waals surface area (Å²) in [5.74, 6) is 0. The summed E-state index contributed by atoms with van der Waals surface area (Å²) in [5.41, 5.74) is 8.30. The lowest BCUT2D eigenvalue weighted by Crippen LogP contribution is -2.05. The van der Waals surface area contributed by atoms with E-state index in [4.69, 9.17) is 5.53 Å². The van der Waals surface area contributed by atoms with Crippen LogP contribution in [0, 0.1) is 0 Å². The van der Waals surface area contributed by atoms with Crippen molar-refractivity contribution in [1.82, 2.24) is 0 Å². The van der Waals surface area contributed by atoms with Crippen LogP contribution in [0.2, 0.25) is 0 Å². The number of hydrogen-bond acceptors (Lipinski definition) is 1. The van der Waals surface area contributed by atoms with Gasteiger partial charge in [0, 0.05) is 4.91 Å². The topological polar surface area (TPSA) is 48.8 Å². The molecular weight excluding hydrogens is 231 g/mol. The molecule has 1 atom stereocenters. The number of halogens is 3. The van der Waals surface area contributed by atoms with Crippen LogP contribution in [-0.2, 0) is 6.18 Å². The van der Waals surface area contributed by atoms with Gasteiger partial charge in [-0.1, -0.05) is 30.6 Å². The Morgan fingerprint density at radius 3 is 2.29 bits per heavy atom. The quantitative estimate of drug-likeness (QED) is 0.412. The zero-order valence-corrected chi connectivity index (χ0v) is 9.28. The van der Waals surface area contributed by atoms with Gasteiger partial charge in [0.1, 0.15) is 0 Å². The van der Waals surface area contributed by atoms with Crippen molar-refractivity contribution in [2.24, 2.45) is 5.11 Å². The zero-order valence-electron chi connectivity index (χ0n) is 9.28. The fraction of sp³-hybridized carbons (Fsp3) is 0.455. The van der Waals surface area contributed by atoms with E-state index < -0.39 is 17.8 Å². The zero-order chi connectivity index (χ0) is 12.9. The highest BCUT2D eigenvalue weighted by atomic mass is 19.4. The molecular formula is C11H12F3N3. The van der Waals surface area contributed by atoms with E-state index in [0.717, 1.165) is 18.6 Å². The van der Waals surface area contributed by atoms with Gasteiger partial charge in [0.15, 0.2) is 0 Å². The highest BCUT2D eigenvalue weighted by Gasteiger charge is 2.30. The van der Waals surface area contributed by atoms with Gasteiger partial charge in [-0.15, -0.1) is 0 Å². The molecule has 17 heavy (non-hydrogen) atoms. The third-order valence-corrected chi connectivity index (χ3v) is 2.38. The van der Waals surface area contributed by atoms with Crippen LogP contribution >= 0.6 is 0 Å². The van der Waals surface area contributed by atoms with Gasteiger partial charge in [-0.2, -0.15) is 13.2 Å². The molecule has 0 saturated carbocycles. The summed E-state index contributed by atoms with van der Waals surface area (Å²) in [4.78, 5) is 2.70. The van der Waals surface area contributed by atoms with Crippen molar-refractivity contribution in [2.75, 3.05) is 0 Å². The van der Waals surface area contributed by atoms with Crippen molar-refractivity contribution in [3.8, 4) is 0 Å². The molecule has 0 bridgehead atoms. The van der Waals surface area contributed by atoms with E-state index in [1.54, 1.807) is 0 Å². The Hall–Kier alpha value is -1.68. The molecule has 0 heterocycles. The van der Waals surface area contributed by atoms with Crippen LogP contribution in [0.4, 0.5) is 13.2 Å². The van der Waals surface area contributed by atoms with Gasteiger partial charge < -0.3 is 0 Å². The third-order valence-electron chi connectivity index (χ3n) is 2.38. The number of rotatable bonds is 4. The van der Waals surface area contributed by atoms with E-state index in [9.17, 15) is 13.2 Å². The van der Waals surface area contributed by atoms with Gasteiger partial charge in [-0.05, 0) is 29.6 Å². The summed E-state index contributed by atoms with van der Waals surface area (Å²) < 4.78 is 37.0. The summed E-state index contributed by atoms with van der Waals surface area (Å²) in [6.07, 6.45) is -2.92. The first kappa shape index (κ1) is 13.4. The van der Waals surface area contributed by atoms with Crippen LogP contribution in [0.15, 0.2) is 29.4 Å².